The third kappa shape index (κ3) is 3.21. The molecule has 3 aromatic heterocycles. The maximum absolute atomic E-state index is 13.1. The SMILES string of the molecule is Cc1ccc([N+](=O)[O-])cc1S(=O)(=O)n1ccc(-c2c(C)nc3ccc(Br)cn23)n1. The highest BCUT2D eigenvalue weighted by molar-refractivity contribution is 9.10. The van der Waals surface area contributed by atoms with Crippen molar-refractivity contribution in [3.05, 3.63) is 74.6 Å². The predicted octanol–water partition coefficient (Wildman–Crippen LogP) is 3.72. The number of halogens is 1. The van der Waals surface area contributed by atoms with E-state index in [1.807, 2.05) is 29.7 Å². The van der Waals surface area contributed by atoms with Gasteiger partial charge >= 0.3 is 0 Å². The Bertz CT molecular complexity index is 1390. The molecular weight excluding hydrogens is 462 g/mol. The molecule has 4 aromatic rings. The molecule has 1 aromatic carbocycles. The highest BCUT2D eigenvalue weighted by Crippen LogP contribution is 2.27. The van der Waals surface area contributed by atoms with Crippen LogP contribution in [0.3, 0.4) is 0 Å². The number of imidazole rings is 1. The number of nitrogens with zero attached hydrogens (tertiary/aromatic N) is 5. The van der Waals surface area contributed by atoms with Gasteiger partial charge in [-0.3, -0.25) is 14.5 Å². The Morgan fingerprint density at radius 3 is 2.62 bits per heavy atom. The molecule has 0 fully saturated rings. The minimum atomic E-state index is -4.11. The summed E-state index contributed by atoms with van der Waals surface area (Å²) in [5, 5.41) is 15.3. The van der Waals surface area contributed by atoms with Crippen LogP contribution in [0.4, 0.5) is 5.69 Å². The Kier molecular flexibility index (Phi) is 4.50. The summed E-state index contributed by atoms with van der Waals surface area (Å²) in [6.07, 6.45) is 3.14. The van der Waals surface area contributed by atoms with Gasteiger partial charge in [0.05, 0.1) is 21.2 Å². The number of fused-ring (bicyclic) bond motifs is 1. The molecule has 0 radical (unpaired) electrons. The largest absolute Gasteiger partial charge is 0.297 e. The third-order valence-corrected chi connectivity index (χ3v) is 6.63. The van der Waals surface area contributed by atoms with E-state index in [2.05, 4.69) is 26.0 Å². The van der Waals surface area contributed by atoms with Crippen LogP contribution in [0.1, 0.15) is 11.3 Å². The normalized spacial score (nSPS) is 11.8. The van der Waals surface area contributed by atoms with Gasteiger partial charge in [-0.15, -0.1) is 0 Å². The summed E-state index contributed by atoms with van der Waals surface area (Å²) in [7, 11) is -4.11. The summed E-state index contributed by atoms with van der Waals surface area (Å²) in [6, 6.07) is 8.98. The van der Waals surface area contributed by atoms with Crippen LogP contribution in [0.25, 0.3) is 17.0 Å². The van der Waals surface area contributed by atoms with Crippen molar-refractivity contribution < 1.29 is 13.3 Å². The molecule has 4 rings (SSSR count). The highest BCUT2D eigenvalue weighted by Gasteiger charge is 2.24. The zero-order chi connectivity index (χ0) is 20.9. The molecule has 0 spiro atoms. The number of non-ortho nitro benzene ring substituents is 1. The lowest BCUT2D eigenvalue weighted by atomic mass is 10.2. The van der Waals surface area contributed by atoms with Crippen molar-refractivity contribution in [2.75, 3.05) is 0 Å². The van der Waals surface area contributed by atoms with E-state index in [0.29, 0.717) is 28.3 Å². The molecule has 0 aliphatic heterocycles. The van der Waals surface area contributed by atoms with Crippen molar-refractivity contribution >= 4 is 37.3 Å². The molecule has 29 heavy (non-hydrogen) atoms. The second kappa shape index (κ2) is 6.78. The number of hydrogen-bond donors (Lipinski definition) is 0. The fraction of sp³-hybridized carbons (Fsp3) is 0.111. The summed E-state index contributed by atoms with van der Waals surface area (Å²) >= 11 is 3.42. The van der Waals surface area contributed by atoms with Gasteiger partial charge in [0, 0.05) is 29.0 Å². The van der Waals surface area contributed by atoms with Gasteiger partial charge < -0.3 is 0 Å². The van der Waals surface area contributed by atoms with Gasteiger partial charge in [-0.1, -0.05) is 6.07 Å². The van der Waals surface area contributed by atoms with Crippen molar-refractivity contribution in [1.82, 2.24) is 18.6 Å². The first-order valence-corrected chi connectivity index (χ1v) is 10.6. The molecule has 0 aliphatic rings. The first-order valence-electron chi connectivity index (χ1n) is 8.39. The van der Waals surface area contributed by atoms with Crippen molar-refractivity contribution in [2.24, 2.45) is 0 Å². The Labute approximate surface area is 174 Å². The highest BCUT2D eigenvalue weighted by atomic mass is 79.9. The van der Waals surface area contributed by atoms with E-state index < -0.39 is 14.9 Å². The molecule has 0 saturated heterocycles. The first-order chi connectivity index (χ1) is 13.7. The zero-order valence-electron chi connectivity index (χ0n) is 15.3. The Morgan fingerprint density at radius 1 is 1.14 bits per heavy atom. The van der Waals surface area contributed by atoms with Gasteiger partial charge in [0.1, 0.15) is 11.3 Å². The molecule has 148 valence electrons. The second-order valence-electron chi connectivity index (χ2n) is 6.41. The minimum absolute atomic E-state index is 0.168. The molecule has 3 heterocycles. The maximum atomic E-state index is 13.1. The Morgan fingerprint density at radius 2 is 1.90 bits per heavy atom. The summed E-state index contributed by atoms with van der Waals surface area (Å²) in [5.74, 6) is 0. The molecule has 9 nitrogen and oxygen atoms in total. The zero-order valence-corrected chi connectivity index (χ0v) is 17.7. The topological polar surface area (TPSA) is 112 Å². The Balaban J connectivity index is 1.85. The molecular formula is C18H14BrN5O4S. The van der Waals surface area contributed by atoms with Crippen LogP contribution in [0.5, 0.6) is 0 Å². The summed E-state index contributed by atoms with van der Waals surface area (Å²) in [4.78, 5) is 14.7. The van der Waals surface area contributed by atoms with Gasteiger partial charge in [0.15, 0.2) is 0 Å². The number of nitro groups is 1. The van der Waals surface area contributed by atoms with Crippen LogP contribution < -0.4 is 0 Å². The molecule has 11 heteroatoms. The molecule has 0 N–H and O–H groups in total. The van der Waals surface area contributed by atoms with Gasteiger partial charge in [0.2, 0.25) is 0 Å². The van der Waals surface area contributed by atoms with Crippen molar-refractivity contribution in [2.45, 2.75) is 18.7 Å². The Hall–Kier alpha value is -3.05. The number of aromatic nitrogens is 4. The number of pyridine rings is 1. The smallest absolute Gasteiger partial charge is 0.283 e. The van der Waals surface area contributed by atoms with Crippen molar-refractivity contribution in [3.63, 3.8) is 0 Å². The van der Waals surface area contributed by atoms with Gasteiger partial charge in [0.25, 0.3) is 15.7 Å². The number of hydrogen-bond acceptors (Lipinski definition) is 6. The van der Waals surface area contributed by atoms with Crippen molar-refractivity contribution in [3.8, 4) is 11.4 Å². The molecule has 0 saturated carbocycles. The maximum Gasteiger partial charge on any atom is 0.283 e. The molecule has 0 aliphatic carbocycles. The number of aryl methyl sites for hydroxylation is 2. The standard InChI is InChI=1S/C18H14BrN5O4S/c1-11-3-5-14(24(25)26)9-16(11)29(27,28)23-8-7-15(21-23)18-12(2)20-17-6-4-13(19)10-22(17)18/h3-10H,1-2H3. The predicted molar refractivity (Wildman–Crippen MR) is 109 cm³/mol. The fourth-order valence-corrected chi connectivity index (χ4v) is 4.79. The lowest BCUT2D eigenvalue weighted by Crippen LogP contribution is -2.15. The number of benzene rings is 1. The summed E-state index contributed by atoms with van der Waals surface area (Å²) in [5.41, 5.74) is 2.56. The minimum Gasteiger partial charge on any atom is -0.297 e. The van der Waals surface area contributed by atoms with E-state index in [4.69, 9.17) is 0 Å². The lowest BCUT2D eigenvalue weighted by molar-refractivity contribution is -0.385. The number of rotatable bonds is 4. The average molecular weight is 476 g/mol. The average Bonchev–Trinajstić information content (AvgIpc) is 3.25. The van der Waals surface area contributed by atoms with Crippen LogP contribution in [0, 0.1) is 24.0 Å². The second-order valence-corrected chi connectivity index (χ2v) is 9.09. The third-order valence-electron chi connectivity index (χ3n) is 4.47. The van der Waals surface area contributed by atoms with E-state index >= 15 is 0 Å². The molecule has 0 bridgehead atoms. The lowest BCUT2D eigenvalue weighted by Gasteiger charge is -2.07. The van der Waals surface area contributed by atoms with Crippen LogP contribution in [0.2, 0.25) is 0 Å². The fourth-order valence-electron chi connectivity index (χ4n) is 3.09. The van der Waals surface area contributed by atoms with E-state index in [0.717, 1.165) is 14.6 Å². The summed E-state index contributed by atoms with van der Waals surface area (Å²) in [6.45, 7) is 3.39. The molecule has 0 atom stereocenters. The van der Waals surface area contributed by atoms with Crippen LogP contribution in [0.15, 0.2) is 58.2 Å². The van der Waals surface area contributed by atoms with Crippen LogP contribution in [-0.2, 0) is 10.0 Å². The van der Waals surface area contributed by atoms with Gasteiger partial charge in [-0.25, -0.2) is 4.98 Å². The monoisotopic (exact) mass is 475 g/mol. The number of nitro benzene ring substituents is 1. The molecule has 0 unspecified atom stereocenters. The van der Waals surface area contributed by atoms with Crippen LogP contribution >= 0.6 is 15.9 Å². The first kappa shape index (κ1) is 19.3. The van der Waals surface area contributed by atoms with E-state index in [1.54, 1.807) is 13.0 Å². The van der Waals surface area contributed by atoms with E-state index in [1.165, 1.54) is 18.3 Å². The van der Waals surface area contributed by atoms with Crippen LogP contribution in [-0.4, -0.2) is 31.9 Å². The van der Waals surface area contributed by atoms with Gasteiger partial charge in [-0.05, 0) is 53.5 Å². The van der Waals surface area contributed by atoms with E-state index in [9.17, 15) is 18.5 Å². The van der Waals surface area contributed by atoms with E-state index in [-0.39, 0.29) is 10.6 Å². The molecule has 0 amide bonds. The van der Waals surface area contributed by atoms with Gasteiger partial charge in [-0.2, -0.15) is 17.6 Å². The summed E-state index contributed by atoms with van der Waals surface area (Å²) < 4.78 is 29.6. The van der Waals surface area contributed by atoms with Crippen molar-refractivity contribution in [1.29, 1.82) is 0 Å². The quantitative estimate of drug-likeness (QED) is 0.328.